The third-order valence-corrected chi connectivity index (χ3v) is 2.50. The molecule has 82 valence electrons. The molecular weight excluding hydrogens is 225 g/mol. The smallest absolute Gasteiger partial charge is 0.146 e. The Kier molecular flexibility index (Phi) is 3.11. The molecule has 16 heavy (non-hydrogen) atoms. The number of anilines is 2. The van der Waals surface area contributed by atoms with Crippen LogP contribution in [-0.4, -0.2) is 0 Å². The standard InChI is InChI=1S/C13H11ClFN/c1-9-2-7-12(15)13(8-9)16-11-5-3-10(14)4-6-11/h2-8,16H,1H3. The van der Waals surface area contributed by atoms with E-state index in [0.717, 1.165) is 11.3 Å². The zero-order valence-electron chi connectivity index (χ0n) is 8.80. The van der Waals surface area contributed by atoms with E-state index in [1.807, 2.05) is 19.1 Å². The molecular formula is C13H11ClFN. The van der Waals surface area contributed by atoms with E-state index >= 15 is 0 Å². The number of hydrogen-bond acceptors (Lipinski definition) is 1. The summed E-state index contributed by atoms with van der Waals surface area (Å²) >= 11 is 5.77. The molecule has 0 bridgehead atoms. The summed E-state index contributed by atoms with van der Waals surface area (Å²) in [7, 11) is 0. The third kappa shape index (κ3) is 2.52. The number of halogens is 2. The van der Waals surface area contributed by atoms with E-state index in [9.17, 15) is 4.39 Å². The van der Waals surface area contributed by atoms with Crippen LogP contribution < -0.4 is 5.32 Å². The maximum Gasteiger partial charge on any atom is 0.146 e. The molecule has 0 aliphatic rings. The minimum absolute atomic E-state index is 0.263. The lowest BCUT2D eigenvalue weighted by Gasteiger charge is -2.08. The molecule has 2 rings (SSSR count). The molecule has 0 aliphatic heterocycles. The van der Waals surface area contributed by atoms with Gasteiger partial charge >= 0.3 is 0 Å². The molecule has 2 aromatic rings. The van der Waals surface area contributed by atoms with Gasteiger partial charge in [-0.1, -0.05) is 17.7 Å². The molecule has 0 saturated heterocycles. The molecule has 0 aliphatic carbocycles. The predicted octanol–water partition coefficient (Wildman–Crippen LogP) is 4.53. The van der Waals surface area contributed by atoms with Gasteiger partial charge in [0.2, 0.25) is 0 Å². The highest BCUT2D eigenvalue weighted by Gasteiger charge is 2.02. The summed E-state index contributed by atoms with van der Waals surface area (Å²) in [6.45, 7) is 1.92. The Morgan fingerprint density at radius 3 is 2.44 bits per heavy atom. The van der Waals surface area contributed by atoms with Crippen molar-refractivity contribution in [3.05, 3.63) is 58.9 Å². The molecule has 0 aromatic heterocycles. The lowest BCUT2D eigenvalue weighted by atomic mass is 10.2. The maximum absolute atomic E-state index is 13.4. The van der Waals surface area contributed by atoms with E-state index in [4.69, 9.17) is 11.6 Å². The van der Waals surface area contributed by atoms with Crippen LogP contribution in [0.2, 0.25) is 5.02 Å². The van der Waals surface area contributed by atoms with Crippen LogP contribution in [0.5, 0.6) is 0 Å². The topological polar surface area (TPSA) is 12.0 Å². The van der Waals surface area contributed by atoms with Crippen molar-refractivity contribution in [3.63, 3.8) is 0 Å². The van der Waals surface area contributed by atoms with Gasteiger partial charge < -0.3 is 5.32 Å². The summed E-state index contributed by atoms with van der Waals surface area (Å²) in [5.74, 6) is -0.263. The van der Waals surface area contributed by atoms with Crippen LogP contribution in [0.25, 0.3) is 0 Å². The highest BCUT2D eigenvalue weighted by atomic mass is 35.5. The molecule has 0 fully saturated rings. The van der Waals surface area contributed by atoms with Gasteiger partial charge in [-0.2, -0.15) is 0 Å². The van der Waals surface area contributed by atoms with Crippen LogP contribution >= 0.6 is 11.6 Å². The highest BCUT2D eigenvalue weighted by molar-refractivity contribution is 6.30. The summed E-state index contributed by atoms with van der Waals surface area (Å²) in [5.41, 5.74) is 2.30. The van der Waals surface area contributed by atoms with Crippen LogP contribution in [0, 0.1) is 12.7 Å². The first-order chi connectivity index (χ1) is 7.65. The average Bonchev–Trinajstić information content (AvgIpc) is 2.27. The minimum atomic E-state index is -0.263. The van der Waals surface area contributed by atoms with E-state index in [2.05, 4.69) is 5.32 Å². The Labute approximate surface area is 98.9 Å². The van der Waals surface area contributed by atoms with Gasteiger partial charge in [-0.05, 0) is 48.9 Å². The SMILES string of the molecule is Cc1ccc(F)c(Nc2ccc(Cl)cc2)c1. The molecule has 0 atom stereocenters. The molecule has 3 heteroatoms. The van der Waals surface area contributed by atoms with Crippen molar-refractivity contribution in [2.75, 3.05) is 5.32 Å². The summed E-state index contributed by atoms with van der Waals surface area (Å²) in [5, 5.41) is 3.67. The lowest BCUT2D eigenvalue weighted by Crippen LogP contribution is -1.93. The number of hydrogen-bond donors (Lipinski definition) is 1. The molecule has 0 radical (unpaired) electrons. The first-order valence-corrected chi connectivity index (χ1v) is 5.32. The second-order valence-electron chi connectivity index (χ2n) is 3.62. The van der Waals surface area contributed by atoms with Crippen LogP contribution in [0.4, 0.5) is 15.8 Å². The molecule has 0 spiro atoms. The van der Waals surface area contributed by atoms with Crippen molar-refractivity contribution in [1.82, 2.24) is 0 Å². The predicted molar refractivity (Wildman–Crippen MR) is 65.9 cm³/mol. The van der Waals surface area contributed by atoms with Crippen LogP contribution in [0.15, 0.2) is 42.5 Å². The fourth-order valence-corrected chi connectivity index (χ4v) is 1.55. The van der Waals surface area contributed by atoms with E-state index in [0.29, 0.717) is 10.7 Å². The molecule has 0 heterocycles. The van der Waals surface area contributed by atoms with Crippen molar-refractivity contribution in [2.24, 2.45) is 0 Å². The monoisotopic (exact) mass is 235 g/mol. The molecule has 1 nitrogen and oxygen atoms in total. The summed E-state index contributed by atoms with van der Waals surface area (Å²) in [4.78, 5) is 0. The van der Waals surface area contributed by atoms with Gasteiger partial charge in [0.05, 0.1) is 5.69 Å². The van der Waals surface area contributed by atoms with Crippen molar-refractivity contribution in [2.45, 2.75) is 6.92 Å². The fraction of sp³-hybridized carbons (Fsp3) is 0.0769. The summed E-state index contributed by atoms with van der Waals surface area (Å²) in [6.07, 6.45) is 0. The van der Waals surface area contributed by atoms with E-state index in [1.54, 1.807) is 24.3 Å². The van der Waals surface area contributed by atoms with Gasteiger partial charge in [0.15, 0.2) is 0 Å². The normalized spacial score (nSPS) is 10.2. The number of benzene rings is 2. The van der Waals surface area contributed by atoms with Gasteiger partial charge in [-0.15, -0.1) is 0 Å². The number of aryl methyl sites for hydroxylation is 1. The second kappa shape index (κ2) is 4.54. The summed E-state index contributed by atoms with van der Waals surface area (Å²) in [6, 6.07) is 12.1. The first kappa shape index (κ1) is 11.0. The highest BCUT2D eigenvalue weighted by Crippen LogP contribution is 2.22. The van der Waals surface area contributed by atoms with Gasteiger partial charge in [0, 0.05) is 10.7 Å². The third-order valence-electron chi connectivity index (χ3n) is 2.25. The van der Waals surface area contributed by atoms with Gasteiger partial charge in [0.1, 0.15) is 5.82 Å². The molecule has 0 saturated carbocycles. The minimum Gasteiger partial charge on any atom is -0.353 e. The van der Waals surface area contributed by atoms with Crippen molar-refractivity contribution < 1.29 is 4.39 Å². The largest absolute Gasteiger partial charge is 0.353 e. The first-order valence-electron chi connectivity index (χ1n) is 4.94. The Morgan fingerprint density at radius 2 is 1.75 bits per heavy atom. The zero-order valence-corrected chi connectivity index (χ0v) is 9.55. The van der Waals surface area contributed by atoms with Crippen LogP contribution in [0.1, 0.15) is 5.56 Å². The molecule has 1 N–H and O–H groups in total. The van der Waals surface area contributed by atoms with Crippen molar-refractivity contribution in [1.29, 1.82) is 0 Å². The van der Waals surface area contributed by atoms with E-state index in [1.165, 1.54) is 6.07 Å². The van der Waals surface area contributed by atoms with Crippen molar-refractivity contribution >= 4 is 23.0 Å². The number of nitrogens with one attached hydrogen (secondary N) is 1. The quantitative estimate of drug-likeness (QED) is 0.806. The van der Waals surface area contributed by atoms with Gasteiger partial charge in [-0.3, -0.25) is 0 Å². The summed E-state index contributed by atoms with van der Waals surface area (Å²) < 4.78 is 13.4. The van der Waals surface area contributed by atoms with Gasteiger partial charge in [0.25, 0.3) is 0 Å². The Bertz CT molecular complexity index is 494. The lowest BCUT2D eigenvalue weighted by molar-refractivity contribution is 0.631. The maximum atomic E-state index is 13.4. The van der Waals surface area contributed by atoms with E-state index < -0.39 is 0 Å². The molecule has 0 amide bonds. The van der Waals surface area contributed by atoms with Crippen LogP contribution in [0.3, 0.4) is 0 Å². The fourth-order valence-electron chi connectivity index (χ4n) is 1.42. The average molecular weight is 236 g/mol. The molecule has 2 aromatic carbocycles. The Hall–Kier alpha value is -1.54. The van der Waals surface area contributed by atoms with Crippen LogP contribution in [-0.2, 0) is 0 Å². The van der Waals surface area contributed by atoms with Crippen molar-refractivity contribution in [3.8, 4) is 0 Å². The van der Waals surface area contributed by atoms with Gasteiger partial charge in [-0.25, -0.2) is 4.39 Å². The van der Waals surface area contributed by atoms with E-state index in [-0.39, 0.29) is 5.82 Å². The Balaban J connectivity index is 2.26. The Morgan fingerprint density at radius 1 is 1.06 bits per heavy atom. The number of rotatable bonds is 2. The molecule has 0 unspecified atom stereocenters. The second-order valence-corrected chi connectivity index (χ2v) is 4.05. The zero-order chi connectivity index (χ0) is 11.5.